The van der Waals surface area contributed by atoms with Gasteiger partial charge in [0.05, 0.1) is 12.2 Å². The van der Waals surface area contributed by atoms with Crippen LogP contribution in [0.4, 0.5) is 14.5 Å². The topological polar surface area (TPSA) is 116 Å². The molecular weight excluding hydrogens is 496 g/mol. The minimum atomic E-state index is -2.81. The number of halogens is 2. The van der Waals surface area contributed by atoms with E-state index in [0.29, 0.717) is 28.1 Å². The Morgan fingerprint density at radius 2 is 2.06 bits per heavy atom. The number of hydrogen-bond donors (Lipinski definition) is 2. The molecule has 0 bridgehead atoms. The van der Waals surface area contributed by atoms with E-state index in [2.05, 4.69) is 15.4 Å². The Morgan fingerprint density at radius 1 is 1.23 bits per heavy atom. The Hall–Kier alpha value is -3.90. The summed E-state index contributed by atoms with van der Waals surface area (Å²) in [7, 11) is 0. The quantitative estimate of drug-likeness (QED) is 0.300. The summed E-state index contributed by atoms with van der Waals surface area (Å²) in [5.74, 6) is -0.922. The number of nitrogens with two attached hydrogens (primary N) is 1. The average Bonchev–Trinajstić information content (AvgIpc) is 3.61. The maximum absolute atomic E-state index is 13.6. The molecule has 0 aliphatic carbocycles. The fourth-order valence-electron chi connectivity index (χ4n) is 3.61. The highest BCUT2D eigenvalue weighted by atomic mass is 32.1. The third-order valence-corrected chi connectivity index (χ3v) is 7.27. The normalized spacial score (nSPS) is 11.4. The summed E-state index contributed by atoms with van der Waals surface area (Å²) in [6.07, 6.45) is 0.574. The summed E-state index contributed by atoms with van der Waals surface area (Å²) >= 11 is 2.25. The Kier molecular flexibility index (Phi) is 5.91. The number of fused-ring (bicyclic) bond motifs is 1. The number of alkyl halides is 2. The molecule has 8 nitrogen and oxygen atoms in total. The van der Waals surface area contributed by atoms with Crippen LogP contribution in [0.25, 0.3) is 20.7 Å². The molecule has 0 unspecified atom stereocenters. The molecule has 5 aromatic heterocycles. The van der Waals surface area contributed by atoms with Gasteiger partial charge >= 0.3 is 0 Å². The van der Waals surface area contributed by atoms with E-state index >= 15 is 0 Å². The largest absolute Gasteiger partial charge is 0.454 e. The van der Waals surface area contributed by atoms with E-state index in [-0.39, 0.29) is 21.2 Å². The minimum Gasteiger partial charge on any atom is -0.454 e. The van der Waals surface area contributed by atoms with Crippen molar-refractivity contribution in [2.45, 2.75) is 19.9 Å². The summed E-state index contributed by atoms with van der Waals surface area (Å²) in [6, 6.07) is 9.85. The standard InChI is InChI=1S/C23H17F2N5O3S2/c1-11-3-6-16(34-11)13-9-14(20(24)25)28-23-17(13)18(19(35-23)21(26)31)29-22(32)15-5-4-12(33-15)10-30-8-2-7-27-30/h2-9,20H,10H2,1H3,(H2,26,31)(H,29,32). The zero-order valence-corrected chi connectivity index (χ0v) is 19.8. The van der Waals surface area contributed by atoms with Gasteiger partial charge in [0.15, 0.2) is 5.76 Å². The van der Waals surface area contributed by atoms with Gasteiger partial charge in [-0.2, -0.15) is 5.10 Å². The van der Waals surface area contributed by atoms with E-state index in [1.807, 2.05) is 13.0 Å². The highest BCUT2D eigenvalue weighted by molar-refractivity contribution is 7.21. The summed E-state index contributed by atoms with van der Waals surface area (Å²) in [5, 5.41) is 7.17. The zero-order chi connectivity index (χ0) is 24.7. The predicted molar refractivity (Wildman–Crippen MR) is 129 cm³/mol. The Balaban J connectivity index is 1.58. The number of nitrogens with zero attached hydrogens (tertiary/aromatic N) is 3. The smallest absolute Gasteiger partial charge is 0.291 e. The van der Waals surface area contributed by atoms with Crippen LogP contribution < -0.4 is 11.1 Å². The summed E-state index contributed by atoms with van der Waals surface area (Å²) in [5.41, 5.74) is 5.69. The van der Waals surface area contributed by atoms with Crippen molar-refractivity contribution in [2.24, 2.45) is 5.73 Å². The molecule has 0 aliphatic heterocycles. The number of hydrogen-bond acceptors (Lipinski definition) is 7. The lowest BCUT2D eigenvalue weighted by molar-refractivity contribution is 0.0994. The van der Waals surface area contributed by atoms with Crippen molar-refractivity contribution in [1.29, 1.82) is 0 Å². The third kappa shape index (κ3) is 4.45. The van der Waals surface area contributed by atoms with Crippen molar-refractivity contribution >= 4 is 50.4 Å². The SMILES string of the molecule is Cc1ccc(-c2cc(C(F)F)nc3sc(C(N)=O)c(NC(=O)c4ccc(Cn5cccn5)o4)c23)s1. The van der Waals surface area contributed by atoms with Crippen LogP contribution in [0.3, 0.4) is 0 Å². The van der Waals surface area contributed by atoms with Gasteiger partial charge in [-0.05, 0) is 43.3 Å². The number of furan rings is 1. The fourth-order valence-corrected chi connectivity index (χ4v) is 5.51. The molecule has 0 spiro atoms. The average molecular weight is 514 g/mol. The van der Waals surface area contributed by atoms with Gasteiger partial charge < -0.3 is 15.5 Å². The first-order valence-electron chi connectivity index (χ1n) is 10.3. The molecule has 5 rings (SSSR count). The van der Waals surface area contributed by atoms with E-state index in [1.54, 1.807) is 35.3 Å². The Bertz CT molecular complexity index is 1550. The lowest BCUT2D eigenvalue weighted by Crippen LogP contribution is -2.16. The number of aryl methyl sites for hydroxylation is 1. The molecule has 0 saturated carbocycles. The number of aromatic nitrogens is 3. The van der Waals surface area contributed by atoms with Gasteiger partial charge in [-0.15, -0.1) is 22.7 Å². The van der Waals surface area contributed by atoms with Crippen LogP contribution in [0.2, 0.25) is 0 Å². The number of amides is 2. The van der Waals surface area contributed by atoms with E-state index in [0.717, 1.165) is 16.2 Å². The molecule has 0 radical (unpaired) electrons. The highest BCUT2D eigenvalue weighted by Crippen LogP contribution is 2.44. The van der Waals surface area contributed by atoms with Gasteiger partial charge in [0.1, 0.15) is 21.2 Å². The first kappa shape index (κ1) is 22.9. The van der Waals surface area contributed by atoms with Crippen molar-refractivity contribution in [3.05, 3.63) is 75.8 Å². The molecule has 2 amide bonds. The van der Waals surface area contributed by atoms with Crippen LogP contribution in [-0.4, -0.2) is 26.6 Å². The molecule has 0 atom stereocenters. The van der Waals surface area contributed by atoms with Gasteiger partial charge in [0.25, 0.3) is 18.2 Å². The molecular formula is C23H17F2N5O3S2. The molecule has 0 aromatic carbocycles. The van der Waals surface area contributed by atoms with Crippen LogP contribution in [-0.2, 0) is 6.54 Å². The van der Waals surface area contributed by atoms with Crippen LogP contribution in [0.5, 0.6) is 0 Å². The van der Waals surface area contributed by atoms with Crippen LogP contribution >= 0.6 is 22.7 Å². The zero-order valence-electron chi connectivity index (χ0n) is 18.1. The molecule has 0 saturated heterocycles. The molecule has 5 heterocycles. The first-order valence-corrected chi connectivity index (χ1v) is 11.9. The van der Waals surface area contributed by atoms with Crippen molar-refractivity contribution in [3.8, 4) is 10.4 Å². The minimum absolute atomic E-state index is 0.00474. The summed E-state index contributed by atoms with van der Waals surface area (Å²) in [4.78, 5) is 31.2. The number of rotatable bonds is 7. The number of thiophene rings is 2. The maximum atomic E-state index is 13.6. The maximum Gasteiger partial charge on any atom is 0.291 e. The lowest BCUT2D eigenvalue weighted by Gasteiger charge is -2.09. The monoisotopic (exact) mass is 513 g/mol. The number of pyridine rings is 1. The third-order valence-electron chi connectivity index (χ3n) is 5.14. The number of carbonyl (C=O) groups is 2. The van der Waals surface area contributed by atoms with Gasteiger partial charge in [0, 0.05) is 33.1 Å². The van der Waals surface area contributed by atoms with Crippen molar-refractivity contribution in [2.75, 3.05) is 5.32 Å². The molecule has 0 fully saturated rings. The van der Waals surface area contributed by atoms with Gasteiger partial charge in [-0.25, -0.2) is 13.8 Å². The Morgan fingerprint density at radius 3 is 2.71 bits per heavy atom. The molecule has 12 heteroatoms. The lowest BCUT2D eigenvalue weighted by atomic mass is 10.1. The molecule has 178 valence electrons. The van der Waals surface area contributed by atoms with Crippen LogP contribution in [0, 0.1) is 6.92 Å². The summed E-state index contributed by atoms with van der Waals surface area (Å²) < 4.78 is 34.5. The van der Waals surface area contributed by atoms with Gasteiger partial charge in [-0.1, -0.05) is 0 Å². The molecule has 3 N–H and O–H groups in total. The number of anilines is 1. The second kappa shape index (κ2) is 9.04. The van der Waals surface area contributed by atoms with E-state index < -0.39 is 23.9 Å². The second-order valence-electron chi connectivity index (χ2n) is 7.58. The molecule has 35 heavy (non-hydrogen) atoms. The summed E-state index contributed by atoms with van der Waals surface area (Å²) in [6.45, 7) is 2.22. The van der Waals surface area contributed by atoms with Crippen molar-refractivity contribution < 1.29 is 22.8 Å². The highest BCUT2D eigenvalue weighted by Gasteiger charge is 2.26. The first-order chi connectivity index (χ1) is 16.8. The van der Waals surface area contributed by atoms with Crippen molar-refractivity contribution in [3.63, 3.8) is 0 Å². The predicted octanol–water partition coefficient (Wildman–Crippen LogP) is 5.46. The van der Waals surface area contributed by atoms with Crippen LogP contribution in [0.1, 0.15) is 43.0 Å². The molecule has 0 aliphatic rings. The number of carbonyl (C=O) groups excluding carboxylic acids is 2. The number of nitrogens with one attached hydrogen (secondary N) is 1. The fraction of sp³-hybridized carbons (Fsp3) is 0.130. The molecule has 5 aromatic rings. The van der Waals surface area contributed by atoms with Gasteiger partial charge in [0.2, 0.25) is 0 Å². The van der Waals surface area contributed by atoms with Crippen LogP contribution in [0.15, 0.2) is 53.2 Å². The second-order valence-corrected chi connectivity index (χ2v) is 9.87. The van der Waals surface area contributed by atoms with E-state index in [4.69, 9.17) is 10.2 Å². The Labute approximate surface area is 205 Å². The van der Waals surface area contributed by atoms with E-state index in [9.17, 15) is 18.4 Å². The van der Waals surface area contributed by atoms with Crippen molar-refractivity contribution in [1.82, 2.24) is 14.8 Å². The number of primary amides is 1. The van der Waals surface area contributed by atoms with Gasteiger partial charge in [-0.3, -0.25) is 14.3 Å². The van der Waals surface area contributed by atoms with E-state index in [1.165, 1.54) is 23.5 Å².